The third-order valence-corrected chi connectivity index (χ3v) is 4.32. The van der Waals surface area contributed by atoms with Crippen LogP contribution in [0, 0.1) is 0 Å². The Labute approximate surface area is 123 Å². The van der Waals surface area contributed by atoms with Crippen molar-refractivity contribution in [1.29, 1.82) is 0 Å². The zero-order valence-corrected chi connectivity index (χ0v) is 11.9. The SMILES string of the molecule is O=c1[nH]c(N2CCc3ccccc32)nc2c1CCNCC2. The van der Waals surface area contributed by atoms with Crippen molar-refractivity contribution in [3.8, 4) is 0 Å². The van der Waals surface area contributed by atoms with Gasteiger partial charge in [0.15, 0.2) is 0 Å². The highest BCUT2D eigenvalue weighted by molar-refractivity contribution is 5.65. The Morgan fingerprint density at radius 3 is 2.90 bits per heavy atom. The molecule has 0 saturated carbocycles. The summed E-state index contributed by atoms with van der Waals surface area (Å²) in [7, 11) is 0. The summed E-state index contributed by atoms with van der Waals surface area (Å²) in [6.07, 6.45) is 2.58. The molecule has 2 aliphatic rings. The summed E-state index contributed by atoms with van der Waals surface area (Å²) in [6, 6.07) is 8.32. The van der Waals surface area contributed by atoms with Gasteiger partial charge in [-0.2, -0.15) is 0 Å². The van der Waals surface area contributed by atoms with Gasteiger partial charge in [-0.3, -0.25) is 9.78 Å². The van der Waals surface area contributed by atoms with Crippen LogP contribution in [0.25, 0.3) is 0 Å². The molecule has 0 amide bonds. The second kappa shape index (κ2) is 5.00. The predicted octanol–water partition coefficient (Wildman–Crippen LogP) is 1.15. The van der Waals surface area contributed by atoms with Crippen molar-refractivity contribution in [1.82, 2.24) is 15.3 Å². The Hall–Kier alpha value is -2.14. The van der Waals surface area contributed by atoms with E-state index in [1.165, 1.54) is 5.56 Å². The third-order valence-electron chi connectivity index (χ3n) is 4.32. The summed E-state index contributed by atoms with van der Waals surface area (Å²) in [4.78, 5) is 22.2. The number of hydrogen-bond donors (Lipinski definition) is 2. The first-order valence-electron chi connectivity index (χ1n) is 7.51. The Bertz CT molecular complexity index is 737. The van der Waals surface area contributed by atoms with Gasteiger partial charge in [-0.25, -0.2) is 4.98 Å². The lowest BCUT2D eigenvalue weighted by atomic mass is 10.1. The molecule has 0 aliphatic carbocycles. The van der Waals surface area contributed by atoms with Gasteiger partial charge >= 0.3 is 0 Å². The van der Waals surface area contributed by atoms with E-state index in [2.05, 4.69) is 33.4 Å². The van der Waals surface area contributed by atoms with Gasteiger partial charge in [-0.15, -0.1) is 0 Å². The van der Waals surface area contributed by atoms with E-state index in [4.69, 9.17) is 4.98 Å². The summed E-state index contributed by atoms with van der Waals surface area (Å²) in [5, 5.41) is 3.32. The molecule has 0 unspecified atom stereocenters. The number of nitrogens with one attached hydrogen (secondary N) is 2. The molecule has 0 saturated heterocycles. The maximum atomic E-state index is 12.4. The summed E-state index contributed by atoms with van der Waals surface area (Å²) >= 11 is 0. The van der Waals surface area contributed by atoms with Crippen LogP contribution in [0.15, 0.2) is 29.1 Å². The molecule has 108 valence electrons. The van der Waals surface area contributed by atoms with Crippen LogP contribution in [0.4, 0.5) is 11.6 Å². The first kappa shape index (κ1) is 12.6. The smallest absolute Gasteiger partial charge is 0.255 e. The number of aromatic nitrogens is 2. The van der Waals surface area contributed by atoms with Gasteiger partial charge in [-0.1, -0.05) is 18.2 Å². The van der Waals surface area contributed by atoms with Crippen LogP contribution >= 0.6 is 0 Å². The average Bonchev–Trinajstić information content (AvgIpc) is 2.78. The highest BCUT2D eigenvalue weighted by Crippen LogP contribution is 2.32. The zero-order chi connectivity index (χ0) is 14.2. The van der Waals surface area contributed by atoms with Crippen molar-refractivity contribution in [3.63, 3.8) is 0 Å². The molecule has 0 atom stereocenters. The van der Waals surface area contributed by atoms with E-state index in [1.807, 2.05) is 6.07 Å². The maximum Gasteiger partial charge on any atom is 0.255 e. The third kappa shape index (κ3) is 2.14. The highest BCUT2D eigenvalue weighted by Gasteiger charge is 2.23. The van der Waals surface area contributed by atoms with Gasteiger partial charge in [0.1, 0.15) is 0 Å². The predicted molar refractivity (Wildman–Crippen MR) is 82.3 cm³/mol. The minimum absolute atomic E-state index is 0.0167. The van der Waals surface area contributed by atoms with E-state index in [0.29, 0.717) is 5.95 Å². The summed E-state index contributed by atoms with van der Waals surface area (Å²) < 4.78 is 0. The maximum absolute atomic E-state index is 12.4. The fourth-order valence-electron chi connectivity index (χ4n) is 3.23. The van der Waals surface area contributed by atoms with E-state index in [1.54, 1.807) is 0 Å². The molecule has 2 aromatic rings. The lowest BCUT2D eigenvalue weighted by Gasteiger charge is -2.19. The largest absolute Gasteiger partial charge is 0.316 e. The molecule has 0 radical (unpaired) electrons. The molecule has 0 fully saturated rings. The van der Waals surface area contributed by atoms with Crippen molar-refractivity contribution in [2.45, 2.75) is 19.3 Å². The molecule has 0 spiro atoms. The van der Waals surface area contributed by atoms with E-state index in [0.717, 1.165) is 55.8 Å². The van der Waals surface area contributed by atoms with Crippen LogP contribution < -0.4 is 15.8 Å². The van der Waals surface area contributed by atoms with Gasteiger partial charge in [0, 0.05) is 30.8 Å². The van der Waals surface area contributed by atoms with Crippen molar-refractivity contribution < 1.29 is 0 Å². The van der Waals surface area contributed by atoms with Crippen molar-refractivity contribution in [2.75, 3.05) is 24.5 Å². The molecule has 21 heavy (non-hydrogen) atoms. The molecular weight excluding hydrogens is 264 g/mol. The van der Waals surface area contributed by atoms with Crippen molar-refractivity contribution >= 4 is 11.6 Å². The normalized spacial score (nSPS) is 17.2. The minimum Gasteiger partial charge on any atom is -0.316 e. The van der Waals surface area contributed by atoms with Crippen LogP contribution in [0.3, 0.4) is 0 Å². The Balaban J connectivity index is 1.79. The van der Waals surface area contributed by atoms with Crippen LogP contribution in [0.2, 0.25) is 0 Å². The van der Waals surface area contributed by atoms with Crippen LogP contribution in [0.1, 0.15) is 16.8 Å². The quantitative estimate of drug-likeness (QED) is 0.824. The molecule has 1 aromatic carbocycles. The topological polar surface area (TPSA) is 61.0 Å². The molecule has 1 aromatic heterocycles. The van der Waals surface area contributed by atoms with Crippen molar-refractivity contribution in [2.24, 2.45) is 0 Å². The van der Waals surface area contributed by atoms with E-state index >= 15 is 0 Å². The first-order valence-corrected chi connectivity index (χ1v) is 7.51. The molecule has 0 bridgehead atoms. The zero-order valence-electron chi connectivity index (χ0n) is 11.9. The number of para-hydroxylation sites is 1. The summed E-state index contributed by atoms with van der Waals surface area (Å²) in [5.41, 5.74) is 4.28. The number of aromatic amines is 1. The second-order valence-electron chi connectivity index (χ2n) is 5.60. The minimum atomic E-state index is 0.0167. The standard InChI is InChI=1S/C16H18N4O/c21-15-12-5-8-17-9-6-13(12)18-16(19-15)20-10-7-11-3-1-2-4-14(11)20/h1-4,17H,5-10H2,(H,18,19,21). The fourth-order valence-corrected chi connectivity index (χ4v) is 3.23. The molecular formula is C16H18N4O. The van der Waals surface area contributed by atoms with Gasteiger partial charge in [0.25, 0.3) is 5.56 Å². The van der Waals surface area contributed by atoms with Crippen molar-refractivity contribution in [3.05, 3.63) is 51.4 Å². The molecule has 3 heterocycles. The van der Waals surface area contributed by atoms with Gasteiger partial charge in [0.05, 0.1) is 5.69 Å². The number of H-pyrrole nitrogens is 1. The highest BCUT2D eigenvalue weighted by atomic mass is 16.1. The van der Waals surface area contributed by atoms with Gasteiger partial charge < -0.3 is 10.2 Å². The van der Waals surface area contributed by atoms with E-state index in [9.17, 15) is 4.79 Å². The van der Waals surface area contributed by atoms with Gasteiger partial charge in [-0.05, 0) is 31.0 Å². The molecule has 2 aliphatic heterocycles. The molecule has 2 N–H and O–H groups in total. The Kier molecular flexibility index (Phi) is 3.00. The average molecular weight is 282 g/mol. The summed E-state index contributed by atoms with van der Waals surface area (Å²) in [6.45, 7) is 2.61. The number of benzene rings is 1. The molecule has 5 nitrogen and oxygen atoms in total. The molecule has 5 heteroatoms. The van der Waals surface area contributed by atoms with Crippen LogP contribution in [0.5, 0.6) is 0 Å². The Morgan fingerprint density at radius 1 is 1.10 bits per heavy atom. The Morgan fingerprint density at radius 2 is 1.95 bits per heavy atom. The molecule has 4 rings (SSSR count). The van der Waals surface area contributed by atoms with Gasteiger partial charge in [0.2, 0.25) is 5.95 Å². The number of hydrogen-bond acceptors (Lipinski definition) is 4. The lowest BCUT2D eigenvalue weighted by molar-refractivity contribution is 0.708. The van der Waals surface area contributed by atoms with Crippen LogP contribution in [-0.2, 0) is 19.3 Å². The number of fused-ring (bicyclic) bond motifs is 2. The first-order chi connectivity index (χ1) is 10.3. The van der Waals surface area contributed by atoms with E-state index < -0.39 is 0 Å². The number of rotatable bonds is 1. The number of anilines is 2. The lowest BCUT2D eigenvalue weighted by Crippen LogP contribution is -2.25. The second-order valence-corrected chi connectivity index (χ2v) is 5.60. The van der Waals surface area contributed by atoms with E-state index in [-0.39, 0.29) is 5.56 Å². The monoisotopic (exact) mass is 282 g/mol. The fraction of sp³-hybridized carbons (Fsp3) is 0.375. The number of nitrogens with zero attached hydrogens (tertiary/aromatic N) is 2. The summed E-state index contributed by atoms with van der Waals surface area (Å²) in [5.74, 6) is 0.686. The van der Waals surface area contributed by atoms with Crippen LogP contribution in [-0.4, -0.2) is 29.6 Å².